The second-order valence-corrected chi connectivity index (χ2v) is 7.47. The standard InChI is InChI=1S/C16H30N6S2.HI/c1-4-14-19-16(24-20-14)22-11-9-21(10-12-22)15(17-5-2)18-8-6-7-13-23-3;/h4-13H2,1-3H3,(H,17,18);1H. The van der Waals surface area contributed by atoms with E-state index in [4.69, 9.17) is 4.99 Å². The van der Waals surface area contributed by atoms with Crippen molar-refractivity contribution >= 4 is 58.4 Å². The SMILES string of the molecule is CCNC(=NCCCCSC)N1CCN(c2nc(CC)ns2)CC1.I. The second-order valence-electron chi connectivity index (χ2n) is 5.76. The van der Waals surface area contributed by atoms with Gasteiger partial charge in [0.25, 0.3) is 0 Å². The summed E-state index contributed by atoms with van der Waals surface area (Å²) in [5.41, 5.74) is 0. The first-order valence-electron chi connectivity index (χ1n) is 8.88. The summed E-state index contributed by atoms with van der Waals surface area (Å²) >= 11 is 3.43. The summed E-state index contributed by atoms with van der Waals surface area (Å²) in [5.74, 6) is 3.25. The van der Waals surface area contributed by atoms with Gasteiger partial charge in [-0.05, 0) is 31.8 Å². The summed E-state index contributed by atoms with van der Waals surface area (Å²) in [5, 5.41) is 4.50. The zero-order chi connectivity index (χ0) is 17.2. The lowest BCUT2D eigenvalue weighted by molar-refractivity contribution is 0.372. The number of aryl methyl sites for hydroxylation is 1. The van der Waals surface area contributed by atoms with Gasteiger partial charge in [-0.25, -0.2) is 4.98 Å². The number of hydrogen-bond acceptors (Lipinski definition) is 6. The van der Waals surface area contributed by atoms with Crippen LogP contribution in [0.25, 0.3) is 0 Å². The van der Waals surface area contributed by atoms with Crippen LogP contribution in [0, 0.1) is 0 Å². The van der Waals surface area contributed by atoms with Gasteiger partial charge in [-0.3, -0.25) is 4.99 Å². The largest absolute Gasteiger partial charge is 0.357 e. The number of guanidine groups is 1. The van der Waals surface area contributed by atoms with Crippen molar-refractivity contribution in [3.63, 3.8) is 0 Å². The zero-order valence-corrected chi connectivity index (χ0v) is 19.5. The first-order chi connectivity index (χ1) is 11.8. The second kappa shape index (κ2) is 13.0. The maximum atomic E-state index is 4.80. The Hall–Kier alpha value is -0.290. The minimum Gasteiger partial charge on any atom is -0.357 e. The van der Waals surface area contributed by atoms with Crippen LogP contribution in [0.5, 0.6) is 0 Å². The molecule has 2 heterocycles. The first kappa shape index (κ1) is 22.8. The number of aliphatic imine (C=N–C) groups is 1. The smallest absolute Gasteiger partial charge is 0.205 e. The van der Waals surface area contributed by atoms with E-state index in [9.17, 15) is 0 Å². The molecule has 1 N–H and O–H groups in total. The molecule has 1 aliphatic heterocycles. The van der Waals surface area contributed by atoms with Crippen molar-refractivity contribution in [3.05, 3.63) is 5.82 Å². The molecule has 25 heavy (non-hydrogen) atoms. The minimum absolute atomic E-state index is 0. The molecule has 1 aromatic rings. The highest BCUT2D eigenvalue weighted by Gasteiger charge is 2.21. The minimum atomic E-state index is 0. The van der Waals surface area contributed by atoms with Crippen LogP contribution < -0.4 is 10.2 Å². The van der Waals surface area contributed by atoms with Gasteiger partial charge in [0.1, 0.15) is 5.82 Å². The maximum Gasteiger partial charge on any atom is 0.205 e. The molecule has 0 unspecified atom stereocenters. The lowest BCUT2D eigenvalue weighted by Crippen LogP contribution is -2.52. The molecule has 0 amide bonds. The van der Waals surface area contributed by atoms with E-state index >= 15 is 0 Å². The Balaban J connectivity index is 0.00000312. The number of hydrogen-bond donors (Lipinski definition) is 1. The molecule has 0 spiro atoms. The molecule has 2 rings (SSSR count). The van der Waals surface area contributed by atoms with Crippen LogP contribution in [0.3, 0.4) is 0 Å². The van der Waals surface area contributed by atoms with Crippen molar-refractivity contribution in [2.75, 3.05) is 56.2 Å². The fraction of sp³-hybridized carbons (Fsp3) is 0.812. The molecule has 1 aromatic heterocycles. The number of rotatable bonds is 8. The number of anilines is 1. The van der Waals surface area contributed by atoms with Gasteiger partial charge in [0, 0.05) is 57.2 Å². The maximum absolute atomic E-state index is 4.80. The molecule has 9 heteroatoms. The lowest BCUT2D eigenvalue weighted by atomic mass is 10.3. The van der Waals surface area contributed by atoms with Gasteiger partial charge in [0.2, 0.25) is 5.13 Å². The number of nitrogens with zero attached hydrogens (tertiary/aromatic N) is 5. The average molecular weight is 499 g/mol. The molecule has 6 nitrogen and oxygen atoms in total. The van der Waals surface area contributed by atoms with E-state index in [-0.39, 0.29) is 24.0 Å². The Bertz CT molecular complexity index is 503. The number of thioether (sulfide) groups is 1. The van der Waals surface area contributed by atoms with Gasteiger partial charge in [0.15, 0.2) is 5.96 Å². The molecular weight excluding hydrogens is 467 g/mol. The Morgan fingerprint density at radius 1 is 1.24 bits per heavy atom. The lowest BCUT2D eigenvalue weighted by Gasteiger charge is -2.36. The van der Waals surface area contributed by atoms with Gasteiger partial charge >= 0.3 is 0 Å². The van der Waals surface area contributed by atoms with E-state index in [0.29, 0.717) is 0 Å². The summed E-state index contributed by atoms with van der Waals surface area (Å²) in [6.45, 7) is 9.99. The third-order valence-corrected chi connectivity index (χ3v) is 5.49. The third kappa shape index (κ3) is 7.46. The van der Waals surface area contributed by atoms with Crippen LogP contribution in [0.15, 0.2) is 4.99 Å². The number of nitrogens with one attached hydrogen (secondary N) is 1. The van der Waals surface area contributed by atoms with Gasteiger partial charge in [-0.15, -0.1) is 24.0 Å². The molecule has 0 radical (unpaired) electrons. The summed E-state index contributed by atoms with van der Waals surface area (Å²) in [4.78, 5) is 14.1. The zero-order valence-electron chi connectivity index (χ0n) is 15.5. The highest BCUT2D eigenvalue weighted by molar-refractivity contribution is 14.0. The van der Waals surface area contributed by atoms with Crippen LogP contribution in [0.4, 0.5) is 5.13 Å². The number of aromatic nitrogens is 2. The molecule has 0 aliphatic carbocycles. The van der Waals surface area contributed by atoms with Crippen molar-refractivity contribution in [1.82, 2.24) is 19.6 Å². The predicted molar refractivity (Wildman–Crippen MR) is 122 cm³/mol. The van der Waals surface area contributed by atoms with Gasteiger partial charge in [-0.2, -0.15) is 16.1 Å². The van der Waals surface area contributed by atoms with Gasteiger partial charge in [0.05, 0.1) is 0 Å². The molecule has 0 atom stereocenters. The summed E-state index contributed by atoms with van der Waals surface area (Å²) in [6, 6.07) is 0. The molecule has 1 aliphatic rings. The van der Waals surface area contributed by atoms with E-state index in [1.54, 1.807) is 0 Å². The van der Waals surface area contributed by atoms with Crippen LogP contribution in [-0.2, 0) is 6.42 Å². The van der Waals surface area contributed by atoms with E-state index in [1.165, 1.54) is 30.1 Å². The number of halogens is 1. The van der Waals surface area contributed by atoms with Crippen molar-refractivity contribution < 1.29 is 0 Å². The Labute approximate surface area is 177 Å². The molecule has 144 valence electrons. The van der Waals surface area contributed by atoms with Gasteiger partial charge in [-0.1, -0.05) is 6.92 Å². The van der Waals surface area contributed by atoms with Crippen molar-refractivity contribution in [3.8, 4) is 0 Å². The van der Waals surface area contributed by atoms with Crippen molar-refractivity contribution in [1.29, 1.82) is 0 Å². The van der Waals surface area contributed by atoms with Crippen molar-refractivity contribution in [2.24, 2.45) is 4.99 Å². The molecule has 1 saturated heterocycles. The third-order valence-electron chi connectivity index (χ3n) is 3.98. The van der Waals surface area contributed by atoms with Crippen LogP contribution >= 0.6 is 47.3 Å². The van der Waals surface area contributed by atoms with E-state index in [2.05, 4.69) is 44.6 Å². The predicted octanol–water partition coefficient (Wildman–Crippen LogP) is 2.95. The van der Waals surface area contributed by atoms with Crippen LogP contribution in [0.1, 0.15) is 32.5 Å². The fourth-order valence-corrected chi connectivity index (χ4v) is 3.89. The summed E-state index contributed by atoms with van der Waals surface area (Å²) in [7, 11) is 0. The highest BCUT2D eigenvalue weighted by atomic mass is 127. The number of piperazine rings is 1. The van der Waals surface area contributed by atoms with E-state index in [0.717, 1.165) is 62.6 Å². The summed E-state index contributed by atoms with van der Waals surface area (Å²) < 4.78 is 4.40. The number of unbranched alkanes of at least 4 members (excludes halogenated alkanes) is 1. The normalized spacial score (nSPS) is 15.2. The van der Waals surface area contributed by atoms with Crippen molar-refractivity contribution in [2.45, 2.75) is 33.1 Å². The Morgan fingerprint density at radius 3 is 2.60 bits per heavy atom. The topological polar surface area (TPSA) is 56.7 Å². The van der Waals surface area contributed by atoms with Crippen LogP contribution in [-0.4, -0.2) is 71.5 Å². The first-order valence-corrected chi connectivity index (χ1v) is 11.0. The monoisotopic (exact) mass is 498 g/mol. The fourth-order valence-electron chi connectivity index (χ4n) is 2.60. The molecule has 0 saturated carbocycles. The van der Waals surface area contributed by atoms with E-state index in [1.807, 2.05) is 11.8 Å². The molecule has 1 fully saturated rings. The molecular formula is C16H31IN6S2. The van der Waals surface area contributed by atoms with Gasteiger partial charge < -0.3 is 15.1 Å². The van der Waals surface area contributed by atoms with Crippen LogP contribution in [0.2, 0.25) is 0 Å². The highest BCUT2D eigenvalue weighted by Crippen LogP contribution is 2.19. The quantitative estimate of drug-likeness (QED) is 0.258. The molecule has 0 bridgehead atoms. The Kier molecular flexibility index (Phi) is 11.8. The average Bonchev–Trinajstić information content (AvgIpc) is 3.10. The molecule has 0 aromatic carbocycles. The summed E-state index contributed by atoms with van der Waals surface area (Å²) in [6.07, 6.45) is 5.48. The Morgan fingerprint density at radius 2 is 2.00 bits per heavy atom. The van der Waals surface area contributed by atoms with E-state index < -0.39 is 0 Å².